The van der Waals surface area contributed by atoms with Gasteiger partial charge in [-0.05, 0) is 120 Å². The first-order chi connectivity index (χ1) is 20.4. The van der Waals surface area contributed by atoms with E-state index in [9.17, 15) is 15.0 Å². The Hall–Kier alpha value is -2.29. The predicted octanol–water partition coefficient (Wildman–Crippen LogP) is 5.96. The molecule has 3 aliphatic heterocycles. The minimum absolute atomic E-state index is 0.110. The maximum Gasteiger partial charge on any atom is 0.195 e. The highest BCUT2D eigenvalue weighted by atomic mass is 16.8. The summed E-state index contributed by atoms with van der Waals surface area (Å²) in [5.41, 5.74) is 3.61. The van der Waals surface area contributed by atoms with Gasteiger partial charge in [0.25, 0.3) is 0 Å². The lowest BCUT2D eigenvalue weighted by molar-refractivity contribution is -0.247. The molecule has 0 radical (unpaired) electrons. The number of aliphatic hydroxyl groups excluding tert-OH is 1. The Kier molecular flexibility index (Phi) is 4.85. The van der Waals surface area contributed by atoms with E-state index in [1.807, 2.05) is 13.8 Å². The molecule has 2 bridgehead atoms. The van der Waals surface area contributed by atoms with Crippen molar-refractivity contribution in [3.05, 3.63) is 52.2 Å². The SMILES string of the molecule is CC1(C)C=C2c3cc4[nH]c5c(c4cc3C(O)C2C(C)(C)O1)CC1CCC2(O)C3=CC(=O)C4OC3(CCC2(C)C51C)OC4(C)C. The molecule has 0 amide bonds. The molecule has 8 unspecified atom stereocenters. The molecule has 8 atom stereocenters. The summed E-state index contributed by atoms with van der Waals surface area (Å²) < 4.78 is 19.4. The summed E-state index contributed by atoms with van der Waals surface area (Å²) >= 11 is 0. The van der Waals surface area contributed by atoms with Crippen molar-refractivity contribution in [2.45, 2.75) is 133 Å². The van der Waals surface area contributed by atoms with Gasteiger partial charge in [0, 0.05) is 45.3 Å². The lowest BCUT2D eigenvalue weighted by Gasteiger charge is -2.65. The van der Waals surface area contributed by atoms with E-state index in [1.165, 1.54) is 16.6 Å². The van der Waals surface area contributed by atoms with Crippen LogP contribution >= 0.6 is 0 Å². The zero-order chi connectivity index (χ0) is 31.2. The summed E-state index contributed by atoms with van der Waals surface area (Å²) in [5.74, 6) is -0.933. The first kappa shape index (κ1) is 28.0. The average Bonchev–Trinajstić information content (AvgIpc) is 3.57. The van der Waals surface area contributed by atoms with Crippen LogP contribution in [0.3, 0.4) is 0 Å². The van der Waals surface area contributed by atoms with Crippen molar-refractivity contribution in [1.82, 2.24) is 4.98 Å². The van der Waals surface area contributed by atoms with Crippen molar-refractivity contribution in [1.29, 1.82) is 0 Å². The molecule has 1 spiro atoms. The van der Waals surface area contributed by atoms with Crippen molar-refractivity contribution >= 4 is 22.3 Å². The van der Waals surface area contributed by atoms with Gasteiger partial charge in [0.15, 0.2) is 17.7 Å². The first-order valence-corrected chi connectivity index (χ1v) is 16.5. The van der Waals surface area contributed by atoms with Gasteiger partial charge in [-0.2, -0.15) is 0 Å². The van der Waals surface area contributed by atoms with E-state index in [-0.39, 0.29) is 17.1 Å². The molecule has 2 saturated carbocycles. The Morgan fingerprint density at radius 2 is 1.70 bits per heavy atom. The minimum Gasteiger partial charge on any atom is -0.388 e. The number of ether oxygens (including phenoxy) is 3. The van der Waals surface area contributed by atoms with Crippen molar-refractivity contribution in [2.24, 2.45) is 17.3 Å². The number of fused-ring (bicyclic) bond motifs is 12. The Labute approximate surface area is 259 Å². The van der Waals surface area contributed by atoms with Crippen LogP contribution in [0.1, 0.15) is 110 Å². The average molecular weight is 600 g/mol. The maximum atomic E-state index is 13.3. The number of aromatic nitrogens is 1. The van der Waals surface area contributed by atoms with Crippen LogP contribution in [0, 0.1) is 17.3 Å². The standard InChI is InChI=1S/C37H45NO6/c1-31(2)17-23-19-15-24-20(14-21(19)28(40)27(23)32(3,4)43-31)22-13-18-9-10-36(41)26-16-25(39)30-33(5,6)44-37(26,42-30)12-11-34(36,7)35(18,8)29(22)38-24/h14-18,27-28,30,38,40-41H,9-13H2,1-8H3. The number of nitrogens with one attached hydrogen (secondary N) is 1. The zero-order valence-corrected chi connectivity index (χ0v) is 27.2. The molecular weight excluding hydrogens is 554 g/mol. The molecule has 1 saturated heterocycles. The molecule has 9 rings (SSSR count). The minimum atomic E-state index is -1.24. The fourth-order valence-corrected chi connectivity index (χ4v) is 11.6. The largest absolute Gasteiger partial charge is 0.388 e. The van der Waals surface area contributed by atoms with Gasteiger partial charge in [-0.1, -0.05) is 13.8 Å². The normalized spacial score (nSPS) is 45.1. The zero-order valence-electron chi connectivity index (χ0n) is 27.2. The first-order valence-electron chi connectivity index (χ1n) is 16.5. The van der Waals surface area contributed by atoms with Crippen LogP contribution in [0.4, 0.5) is 0 Å². The van der Waals surface area contributed by atoms with Gasteiger partial charge in [-0.3, -0.25) is 4.79 Å². The van der Waals surface area contributed by atoms with Gasteiger partial charge in [0.1, 0.15) is 5.60 Å². The number of carbonyl (C=O) groups excluding carboxylic acids is 1. The number of rotatable bonds is 0. The molecule has 1 aromatic carbocycles. The number of hydrogen-bond acceptors (Lipinski definition) is 6. The Bertz CT molecular complexity index is 1780. The third-order valence-corrected chi connectivity index (χ3v) is 13.6. The molecule has 44 heavy (non-hydrogen) atoms. The van der Waals surface area contributed by atoms with Crippen molar-refractivity contribution in [3.63, 3.8) is 0 Å². The van der Waals surface area contributed by atoms with Gasteiger partial charge >= 0.3 is 0 Å². The Morgan fingerprint density at radius 1 is 0.955 bits per heavy atom. The Morgan fingerprint density at radius 3 is 2.45 bits per heavy atom. The molecule has 1 aromatic heterocycles. The number of aliphatic hydroxyl groups is 2. The highest BCUT2D eigenvalue weighted by molar-refractivity contribution is 5.97. The summed E-state index contributed by atoms with van der Waals surface area (Å²) in [6, 6.07) is 4.47. The highest BCUT2D eigenvalue weighted by Gasteiger charge is 2.75. The van der Waals surface area contributed by atoms with Gasteiger partial charge in [0.2, 0.25) is 0 Å². The molecule has 4 heterocycles. The van der Waals surface area contributed by atoms with Crippen molar-refractivity contribution < 1.29 is 29.2 Å². The predicted molar refractivity (Wildman–Crippen MR) is 166 cm³/mol. The van der Waals surface area contributed by atoms with Crippen LogP contribution in [0.2, 0.25) is 0 Å². The van der Waals surface area contributed by atoms with E-state index >= 15 is 0 Å². The number of benzene rings is 1. The molecule has 234 valence electrons. The molecule has 3 fully saturated rings. The van der Waals surface area contributed by atoms with Gasteiger partial charge in [0.05, 0.1) is 22.9 Å². The van der Waals surface area contributed by atoms with Crippen LogP contribution in [0.25, 0.3) is 16.5 Å². The van der Waals surface area contributed by atoms with E-state index in [1.54, 1.807) is 6.08 Å². The summed E-state index contributed by atoms with van der Waals surface area (Å²) in [6.45, 7) is 16.7. The van der Waals surface area contributed by atoms with Crippen molar-refractivity contribution in [2.75, 3.05) is 0 Å². The monoisotopic (exact) mass is 599 g/mol. The molecule has 7 heteroatoms. The topological polar surface area (TPSA) is 101 Å². The number of ketones is 1. The smallest absolute Gasteiger partial charge is 0.195 e. The summed E-state index contributed by atoms with van der Waals surface area (Å²) in [4.78, 5) is 17.2. The highest BCUT2D eigenvalue weighted by Crippen LogP contribution is 2.72. The number of hydrogen-bond donors (Lipinski definition) is 3. The van der Waals surface area contributed by atoms with E-state index in [0.717, 1.165) is 35.1 Å². The van der Waals surface area contributed by atoms with Crippen molar-refractivity contribution in [3.8, 4) is 0 Å². The van der Waals surface area contributed by atoms with E-state index in [2.05, 4.69) is 64.7 Å². The molecule has 4 aliphatic carbocycles. The van der Waals surface area contributed by atoms with Crippen LogP contribution in [0.15, 0.2) is 29.9 Å². The molecule has 3 N–H and O–H groups in total. The quantitative estimate of drug-likeness (QED) is 0.346. The van der Waals surface area contributed by atoms with Crippen LogP contribution < -0.4 is 0 Å². The van der Waals surface area contributed by atoms with E-state index in [0.29, 0.717) is 30.8 Å². The number of aromatic amines is 1. The molecule has 2 aromatic rings. The third-order valence-electron chi connectivity index (χ3n) is 13.6. The summed E-state index contributed by atoms with van der Waals surface area (Å²) in [7, 11) is 0. The lowest BCUT2D eigenvalue weighted by Crippen LogP contribution is -2.69. The van der Waals surface area contributed by atoms with Crippen LogP contribution in [0.5, 0.6) is 0 Å². The van der Waals surface area contributed by atoms with Gasteiger partial charge in [-0.25, -0.2) is 0 Å². The fourth-order valence-electron chi connectivity index (χ4n) is 11.6. The van der Waals surface area contributed by atoms with Gasteiger partial charge < -0.3 is 29.4 Å². The molecular formula is C37H45NO6. The molecule has 7 nitrogen and oxygen atoms in total. The number of carbonyl (C=O) groups is 1. The second-order valence-corrected chi connectivity index (χ2v) is 17.0. The summed E-state index contributed by atoms with van der Waals surface area (Å²) in [6.07, 6.45) is 6.24. The van der Waals surface area contributed by atoms with Crippen LogP contribution in [-0.2, 0) is 30.8 Å². The Balaban J connectivity index is 1.19. The second kappa shape index (κ2) is 7.63. The maximum absolute atomic E-state index is 13.3. The number of H-pyrrole nitrogens is 1. The van der Waals surface area contributed by atoms with E-state index in [4.69, 9.17) is 14.2 Å². The summed E-state index contributed by atoms with van der Waals surface area (Å²) in [5, 5.41) is 25.8. The second-order valence-electron chi connectivity index (χ2n) is 17.0. The van der Waals surface area contributed by atoms with E-state index < -0.39 is 45.8 Å². The molecule has 7 aliphatic rings. The van der Waals surface area contributed by atoms with Crippen LogP contribution in [-0.4, -0.2) is 55.3 Å². The fraction of sp³-hybridized carbons (Fsp3) is 0.649. The lowest BCUT2D eigenvalue weighted by atomic mass is 9.42. The van der Waals surface area contributed by atoms with Gasteiger partial charge in [-0.15, -0.1) is 0 Å². The third kappa shape index (κ3) is 2.92.